The van der Waals surface area contributed by atoms with E-state index in [2.05, 4.69) is 36.2 Å². The van der Waals surface area contributed by atoms with Gasteiger partial charge in [-0.2, -0.15) is 15.2 Å². The minimum atomic E-state index is -1.09. The number of nitrogens with zero attached hydrogens (tertiary/aromatic N) is 7. The molecule has 0 spiro atoms. The lowest BCUT2D eigenvalue weighted by atomic mass is 9.95. The van der Waals surface area contributed by atoms with Crippen molar-refractivity contribution in [1.29, 1.82) is 5.26 Å². The number of hydrogen-bond donors (Lipinski definition) is 1. The number of ether oxygens (including phenoxy) is 1. The summed E-state index contributed by atoms with van der Waals surface area (Å²) in [5.74, 6) is -2.67. The van der Waals surface area contributed by atoms with E-state index < -0.39 is 17.6 Å². The number of aromatic nitrogens is 4. The third-order valence-electron chi connectivity index (χ3n) is 9.54. The summed E-state index contributed by atoms with van der Waals surface area (Å²) in [5, 5.41) is 16.2. The monoisotopic (exact) mass is 694 g/mol. The zero-order valence-corrected chi connectivity index (χ0v) is 28.6. The lowest BCUT2D eigenvalue weighted by Crippen LogP contribution is -2.52. The van der Waals surface area contributed by atoms with Crippen molar-refractivity contribution in [2.75, 3.05) is 39.8 Å². The van der Waals surface area contributed by atoms with Gasteiger partial charge in [0.1, 0.15) is 22.8 Å². The predicted molar refractivity (Wildman–Crippen MR) is 189 cm³/mol. The van der Waals surface area contributed by atoms with Gasteiger partial charge in [-0.3, -0.25) is 9.78 Å². The summed E-state index contributed by atoms with van der Waals surface area (Å²) < 4.78 is 39.9. The molecule has 2 aliphatic rings. The molecule has 10 nitrogen and oxygen atoms in total. The number of nitrogens with one attached hydrogen (secondary N) is 1. The molecular weight excluding hydrogens is 659 g/mol. The van der Waals surface area contributed by atoms with Gasteiger partial charge in [-0.05, 0) is 49.2 Å². The molecule has 2 aliphatic heterocycles. The Morgan fingerprint density at radius 1 is 1.18 bits per heavy atom. The van der Waals surface area contributed by atoms with Gasteiger partial charge >= 0.3 is 6.01 Å². The Balaban J connectivity index is 1.42. The van der Waals surface area contributed by atoms with E-state index in [9.17, 15) is 10.1 Å². The summed E-state index contributed by atoms with van der Waals surface area (Å²) in [5.41, 5.74) is 1.41. The molecule has 0 saturated carbocycles. The summed E-state index contributed by atoms with van der Waals surface area (Å²) >= 11 is 1.13. The van der Waals surface area contributed by atoms with Crippen LogP contribution in [0.25, 0.3) is 38.5 Å². The number of nitriles is 1. The molecule has 2 saturated heterocycles. The van der Waals surface area contributed by atoms with Crippen molar-refractivity contribution >= 4 is 44.5 Å². The number of fused-ring (bicyclic) bond motifs is 2. The molecule has 1 amide bonds. The normalized spacial score (nSPS) is 18.7. The van der Waals surface area contributed by atoms with Crippen LogP contribution in [0.15, 0.2) is 60.0 Å². The van der Waals surface area contributed by atoms with E-state index in [0.29, 0.717) is 12.1 Å². The van der Waals surface area contributed by atoms with Crippen LogP contribution in [-0.2, 0) is 11.2 Å². The molecule has 1 N–H and O–H groups in total. The number of carbonyl (C=O) groups excluding carboxylic acids is 1. The van der Waals surface area contributed by atoms with E-state index in [-0.39, 0.29) is 77.1 Å². The maximum absolute atomic E-state index is 17.0. The van der Waals surface area contributed by atoms with Crippen LogP contribution in [-0.4, -0.2) is 87.6 Å². The van der Waals surface area contributed by atoms with Crippen LogP contribution in [0.2, 0.25) is 0 Å². The second-order valence-corrected chi connectivity index (χ2v) is 13.5. The lowest BCUT2D eigenvalue weighted by Gasteiger charge is -2.32. The van der Waals surface area contributed by atoms with E-state index in [1.165, 1.54) is 17.3 Å². The van der Waals surface area contributed by atoms with E-state index in [0.717, 1.165) is 53.5 Å². The fraction of sp³-hybridized carbons (Fsp3) is 0.351. The molecule has 256 valence electrons. The van der Waals surface area contributed by atoms with Crippen LogP contribution < -0.4 is 10.1 Å². The van der Waals surface area contributed by atoms with Crippen molar-refractivity contribution < 1.29 is 18.3 Å². The molecule has 2 atom stereocenters. The van der Waals surface area contributed by atoms with Crippen LogP contribution in [0.3, 0.4) is 0 Å². The molecule has 0 unspecified atom stereocenters. The highest BCUT2D eigenvalue weighted by Gasteiger charge is 2.32. The number of likely N-dealkylation sites (N-methyl/N-ethyl adjacent to an activating group) is 1. The molecular formula is C37H36F2N8O2S. The lowest BCUT2D eigenvalue weighted by molar-refractivity contribution is -0.129. The van der Waals surface area contributed by atoms with Crippen molar-refractivity contribution in [3.05, 3.63) is 82.1 Å². The minimum absolute atomic E-state index is 0.0422. The molecule has 2 aromatic carbocycles. The molecule has 3 aromatic heterocycles. The number of aryl methyl sites for hydroxylation is 1. The highest BCUT2D eigenvalue weighted by molar-refractivity contribution is 7.10. The molecule has 7 rings (SSSR count). The maximum Gasteiger partial charge on any atom is 0.317 e. The highest BCUT2D eigenvalue weighted by atomic mass is 32.1. The first-order valence-electron chi connectivity index (χ1n) is 16.8. The van der Waals surface area contributed by atoms with Gasteiger partial charge < -0.3 is 19.9 Å². The smallest absolute Gasteiger partial charge is 0.317 e. The van der Waals surface area contributed by atoms with Gasteiger partial charge in [0, 0.05) is 60.4 Å². The molecule has 5 heterocycles. The van der Waals surface area contributed by atoms with Crippen LogP contribution >= 0.6 is 11.3 Å². The van der Waals surface area contributed by atoms with Crippen molar-refractivity contribution in [2.45, 2.75) is 44.7 Å². The number of rotatable bonds is 9. The third-order valence-corrected chi connectivity index (χ3v) is 10.3. The van der Waals surface area contributed by atoms with Gasteiger partial charge in [0.25, 0.3) is 5.91 Å². The first-order chi connectivity index (χ1) is 24.4. The fourth-order valence-corrected chi connectivity index (χ4v) is 7.58. The van der Waals surface area contributed by atoms with E-state index in [1.54, 1.807) is 5.38 Å². The van der Waals surface area contributed by atoms with Crippen LogP contribution in [0.4, 0.5) is 8.78 Å². The number of halogens is 2. The minimum Gasteiger partial charge on any atom is -0.462 e. The number of likely N-dealkylation sites (tertiary alicyclic amines) is 1. The van der Waals surface area contributed by atoms with Gasteiger partial charge in [0.05, 0.1) is 23.8 Å². The Morgan fingerprint density at radius 2 is 2.02 bits per heavy atom. The van der Waals surface area contributed by atoms with Crippen LogP contribution in [0.5, 0.6) is 6.01 Å². The van der Waals surface area contributed by atoms with Crippen molar-refractivity contribution in [3.8, 4) is 23.3 Å². The number of piperazine rings is 1. The van der Waals surface area contributed by atoms with Gasteiger partial charge in [0.2, 0.25) is 0 Å². The number of benzene rings is 2. The number of thiazole rings is 1. The molecule has 2 fully saturated rings. The predicted octanol–water partition coefficient (Wildman–Crippen LogP) is 5.92. The first-order valence-corrected chi connectivity index (χ1v) is 17.7. The van der Waals surface area contributed by atoms with E-state index >= 15 is 8.78 Å². The average Bonchev–Trinajstić information content (AvgIpc) is 3.82. The summed E-state index contributed by atoms with van der Waals surface area (Å²) in [4.78, 5) is 35.5. The zero-order valence-electron chi connectivity index (χ0n) is 27.8. The van der Waals surface area contributed by atoms with Gasteiger partial charge in [0.15, 0.2) is 11.6 Å². The van der Waals surface area contributed by atoms with Gasteiger partial charge in [-0.25, -0.2) is 13.8 Å². The zero-order chi connectivity index (χ0) is 34.8. The Labute approximate surface area is 292 Å². The summed E-state index contributed by atoms with van der Waals surface area (Å²) in [7, 11) is 2.02. The molecule has 0 aliphatic carbocycles. The van der Waals surface area contributed by atoms with Crippen molar-refractivity contribution in [1.82, 2.24) is 35.1 Å². The number of amides is 1. The fourth-order valence-electron chi connectivity index (χ4n) is 6.90. The van der Waals surface area contributed by atoms with E-state index in [4.69, 9.17) is 4.74 Å². The Kier molecular flexibility index (Phi) is 9.76. The molecule has 0 bridgehead atoms. The van der Waals surface area contributed by atoms with Gasteiger partial charge in [-0.1, -0.05) is 43.3 Å². The third kappa shape index (κ3) is 6.42. The van der Waals surface area contributed by atoms with Crippen LogP contribution in [0.1, 0.15) is 42.5 Å². The van der Waals surface area contributed by atoms with Crippen molar-refractivity contribution in [3.63, 3.8) is 0 Å². The number of hydrogen-bond acceptors (Lipinski definition) is 10. The molecule has 13 heteroatoms. The van der Waals surface area contributed by atoms with Crippen LogP contribution in [0, 0.1) is 17.1 Å². The largest absolute Gasteiger partial charge is 0.462 e. The Morgan fingerprint density at radius 3 is 2.76 bits per heavy atom. The maximum atomic E-state index is 17.0. The van der Waals surface area contributed by atoms with E-state index in [1.807, 2.05) is 50.4 Å². The standard InChI is InChI=1S/C37H36F2N8O2S/c1-3-22-7-4-8-23-9-5-11-26(28(22)23)33-31(39)34-27(19-43-33)32(44-37(45-34)49-21-25-10-6-16-46(25)2)29(35-42-15-18-50-35)30(38)36(48)47-17-14-41-24(20-47)12-13-40/h4-5,7-9,11,15,18-19,24-25,41H,3,6,10,12,14,16-17,20-21H2,1-2H3/b30-29-/t24-,25-/m0/s1. The summed E-state index contributed by atoms with van der Waals surface area (Å²) in [6, 6.07) is 13.4. The second-order valence-electron chi connectivity index (χ2n) is 12.6. The average molecular weight is 695 g/mol. The SMILES string of the molecule is CCc1cccc2cccc(-c3ncc4c(/C(=C(/F)C(=O)N5CCN[C@@H](CC#N)C5)c5nccs5)nc(OC[C@@H]5CCCN5C)nc4c3F)c12. The summed E-state index contributed by atoms with van der Waals surface area (Å²) in [6.45, 7) is 4.04. The van der Waals surface area contributed by atoms with Crippen molar-refractivity contribution in [2.24, 2.45) is 0 Å². The van der Waals surface area contributed by atoms with Gasteiger partial charge in [-0.15, -0.1) is 11.3 Å². The topological polar surface area (TPSA) is 120 Å². The quantitative estimate of drug-likeness (QED) is 0.188. The molecule has 0 radical (unpaired) electrons. The Hall–Kier alpha value is -4.90. The molecule has 5 aromatic rings. The Bertz CT molecular complexity index is 2130. The molecule has 50 heavy (non-hydrogen) atoms. The highest BCUT2D eigenvalue weighted by Crippen LogP contribution is 2.38. The summed E-state index contributed by atoms with van der Waals surface area (Å²) in [6.07, 6.45) is 5.79. The number of pyridine rings is 1. The second kappa shape index (κ2) is 14.5. The number of carbonyl (C=O) groups is 1. The first kappa shape index (κ1) is 33.6.